The largest absolute Gasteiger partial charge is 0.336 e. The lowest BCUT2D eigenvalue weighted by atomic mass is 10.3. The van der Waals surface area contributed by atoms with E-state index in [9.17, 15) is 8.78 Å². The molecule has 1 aromatic carbocycles. The first-order valence-corrected chi connectivity index (χ1v) is 6.09. The van der Waals surface area contributed by atoms with Crippen molar-refractivity contribution in [3.05, 3.63) is 39.5 Å². The minimum atomic E-state index is -0.780. The van der Waals surface area contributed by atoms with Gasteiger partial charge in [0.25, 0.3) is 0 Å². The maximum atomic E-state index is 13.6. The molecular formula is C10H7BrClF2N5. The SMILES string of the molecule is NNc1ncc(Cl)c(Nc2cc(Br)c(F)cc2F)n1. The van der Waals surface area contributed by atoms with Gasteiger partial charge in [0.15, 0.2) is 5.82 Å². The minimum absolute atomic E-state index is 0.0110. The van der Waals surface area contributed by atoms with Gasteiger partial charge in [0.05, 0.1) is 16.4 Å². The van der Waals surface area contributed by atoms with Crippen LogP contribution in [-0.2, 0) is 0 Å². The Balaban J connectivity index is 2.38. The Labute approximate surface area is 120 Å². The van der Waals surface area contributed by atoms with E-state index in [-0.39, 0.29) is 26.9 Å². The predicted molar refractivity (Wildman–Crippen MR) is 72.2 cm³/mol. The second-order valence-electron chi connectivity index (χ2n) is 3.41. The third kappa shape index (κ3) is 3.09. The summed E-state index contributed by atoms with van der Waals surface area (Å²) in [4.78, 5) is 7.68. The molecule has 0 unspecified atom stereocenters. The summed E-state index contributed by atoms with van der Waals surface area (Å²) in [5.74, 6) is 3.92. The number of nitrogens with zero attached hydrogens (tertiary/aromatic N) is 2. The van der Waals surface area contributed by atoms with E-state index in [1.54, 1.807) is 0 Å². The summed E-state index contributed by atoms with van der Waals surface area (Å²) in [6, 6.07) is 1.97. The molecule has 0 fully saturated rings. The van der Waals surface area contributed by atoms with Crippen molar-refractivity contribution in [1.82, 2.24) is 9.97 Å². The highest BCUT2D eigenvalue weighted by atomic mass is 79.9. The van der Waals surface area contributed by atoms with Gasteiger partial charge in [-0.1, -0.05) is 11.6 Å². The number of halogens is 4. The molecular weight excluding hydrogens is 343 g/mol. The molecule has 19 heavy (non-hydrogen) atoms. The Morgan fingerprint density at radius 3 is 2.68 bits per heavy atom. The lowest BCUT2D eigenvalue weighted by molar-refractivity contribution is 0.581. The highest BCUT2D eigenvalue weighted by Crippen LogP contribution is 2.28. The standard InChI is InChI=1S/C10H7BrClF2N5/c11-4-1-8(7(14)2-6(4)13)17-9-5(12)3-16-10(18-9)19-15/h1-3H,15H2,(H2,16,17,18,19). The van der Waals surface area contributed by atoms with E-state index in [4.69, 9.17) is 17.4 Å². The van der Waals surface area contributed by atoms with Crippen LogP contribution in [0.15, 0.2) is 22.8 Å². The molecule has 2 aromatic rings. The maximum absolute atomic E-state index is 13.6. The Bertz CT molecular complexity index is 625. The first kappa shape index (κ1) is 13.9. The third-order valence-corrected chi connectivity index (χ3v) is 3.02. The number of benzene rings is 1. The molecule has 9 heteroatoms. The van der Waals surface area contributed by atoms with Gasteiger partial charge in [0.1, 0.15) is 16.7 Å². The number of hydrogen-bond acceptors (Lipinski definition) is 5. The highest BCUT2D eigenvalue weighted by Gasteiger charge is 2.11. The molecule has 1 aromatic heterocycles. The van der Waals surface area contributed by atoms with Gasteiger partial charge < -0.3 is 5.32 Å². The molecule has 0 spiro atoms. The lowest BCUT2D eigenvalue weighted by Gasteiger charge is -2.10. The van der Waals surface area contributed by atoms with E-state index in [1.807, 2.05) is 0 Å². The smallest absolute Gasteiger partial charge is 0.239 e. The Morgan fingerprint density at radius 2 is 2.00 bits per heavy atom. The molecule has 4 N–H and O–H groups in total. The number of nitrogens with one attached hydrogen (secondary N) is 2. The summed E-state index contributed by atoms with van der Waals surface area (Å²) in [6.07, 6.45) is 1.29. The molecule has 100 valence electrons. The van der Waals surface area contributed by atoms with Gasteiger partial charge in [-0.25, -0.2) is 19.6 Å². The van der Waals surface area contributed by atoms with Crippen LogP contribution in [0.4, 0.5) is 26.2 Å². The van der Waals surface area contributed by atoms with Crippen molar-refractivity contribution in [3.8, 4) is 0 Å². The third-order valence-electron chi connectivity index (χ3n) is 2.14. The quantitative estimate of drug-likeness (QED) is 0.450. The topological polar surface area (TPSA) is 75.9 Å². The van der Waals surface area contributed by atoms with Crippen LogP contribution in [0.1, 0.15) is 0 Å². The second-order valence-corrected chi connectivity index (χ2v) is 4.67. The van der Waals surface area contributed by atoms with Crippen LogP contribution in [0.3, 0.4) is 0 Å². The van der Waals surface area contributed by atoms with Crippen LogP contribution in [0.5, 0.6) is 0 Å². The second kappa shape index (κ2) is 5.64. The average molecular weight is 351 g/mol. The van der Waals surface area contributed by atoms with Gasteiger partial charge in [0, 0.05) is 6.07 Å². The fourth-order valence-electron chi connectivity index (χ4n) is 1.27. The van der Waals surface area contributed by atoms with E-state index in [1.165, 1.54) is 12.3 Å². The van der Waals surface area contributed by atoms with E-state index < -0.39 is 11.6 Å². The fraction of sp³-hybridized carbons (Fsp3) is 0. The Hall–Kier alpha value is -1.51. The Morgan fingerprint density at radius 1 is 1.26 bits per heavy atom. The van der Waals surface area contributed by atoms with Crippen LogP contribution in [-0.4, -0.2) is 9.97 Å². The summed E-state index contributed by atoms with van der Waals surface area (Å²) in [6.45, 7) is 0. The molecule has 0 amide bonds. The molecule has 5 nitrogen and oxygen atoms in total. The van der Waals surface area contributed by atoms with Crippen molar-refractivity contribution < 1.29 is 8.78 Å². The lowest BCUT2D eigenvalue weighted by Crippen LogP contribution is -2.11. The summed E-state index contributed by atoms with van der Waals surface area (Å²) >= 11 is 8.82. The predicted octanol–water partition coefficient (Wildman–Crippen LogP) is 3.20. The average Bonchev–Trinajstić information content (AvgIpc) is 2.38. The van der Waals surface area contributed by atoms with Crippen molar-refractivity contribution in [2.75, 3.05) is 10.7 Å². The van der Waals surface area contributed by atoms with Gasteiger partial charge >= 0.3 is 0 Å². The number of rotatable bonds is 3. The van der Waals surface area contributed by atoms with E-state index in [0.717, 1.165) is 6.07 Å². The van der Waals surface area contributed by atoms with Crippen molar-refractivity contribution in [1.29, 1.82) is 0 Å². The minimum Gasteiger partial charge on any atom is -0.336 e. The summed E-state index contributed by atoms with van der Waals surface area (Å²) in [7, 11) is 0. The summed E-state index contributed by atoms with van der Waals surface area (Å²) < 4.78 is 26.8. The Kier molecular flexibility index (Phi) is 4.13. The molecule has 0 aliphatic rings. The van der Waals surface area contributed by atoms with E-state index in [2.05, 4.69) is 36.6 Å². The molecule has 0 bridgehead atoms. The number of anilines is 3. The van der Waals surface area contributed by atoms with Gasteiger partial charge in [-0.15, -0.1) is 0 Å². The van der Waals surface area contributed by atoms with Gasteiger partial charge in [-0.05, 0) is 22.0 Å². The van der Waals surface area contributed by atoms with Crippen molar-refractivity contribution in [2.45, 2.75) is 0 Å². The first-order chi connectivity index (χ1) is 9.01. The number of nitrogen functional groups attached to an aromatic ring is 1. The monoisotopic (exact) mass is 349 g/mol. The molecule has 2 rings (SSSR count). The molecule has 0 atom stereocenters. The normalized spacial score (nSPS) is 10.4. The van der Waals surface area contributed by atoms with Crippen LogP contribution in [0.25, 0.3) is 0 Å². The molecule has 0 aliphatic carbocycles. The van der Waals surface area contributed by atoms with Gasteiger partial charge in [-0.3, -0.25) is 5.43 Å². The number of hydrogen-bond donors (Lipinski definition) is 3. The fourth-order valence-corrected chi connectivity index (χ4v) is 1.75. The molecule has 0 aliphatic heterocycles. The van der Waals surface area contributed by atoms with E-state index >= 15 is 0 Å². The molecule has 0 radical (unpaired) electrons. The molecule has 0 saturated heterocycles. The highest BCUT2D eigenvalue weighted by molar-refractivity contribution is 9.10. The van der Waals surface area contributed by atoms with Crippen molar-refractivity contribution in [3.63, 3.8) is 0 Å². The zero-order chi connectivity index (χ0) is 14.0. The van der Waals surface area contributed by atoms with Crippen LogP contribution >= 0.6 is 27.5 Å². The van der Waals surface area contributed by atoms with Crippen LogP contribution < -0.4 is 16.6 Å². The van der Waals surface area contributed by atoms with Gasteiger partial charge in [-0.2, -0.15) is 4.98 Å². The van der Waals surface area contributed by atoms with Crippen LogP contribution in [0, 0.1) is 11.6 Å². The molecule has 1 heterocycles. The summed E-state index contributed by atoms with van der Waals surface area (Å²) in [5.41, 5.74) is 2.24. The summed E-state index contributed by atoms with van der Waals surface area (Å²) in [5, 5.41) is 2.80. The van der Waals surface area contributed by atoms with Crippen molar-refractivity contribution >= 4 is 45.0 Å². The zero-order valence-electron chi connectivity index (χ0n) is 9.22. The maximum Gasteiger partial charge on any atom is 0.239 e. The number of nitrogens with two attached hydrogens (primary N) is 1. The first-order valence-electron chi connectivity index (χ1n) is 4.92. The van der Waals surface area contributed by atoms with E-state index in [0.29, 0.717) is 0 Å². The number of aromatic nitrogens is 2. The molecule has 0 saturated carbocycles. The van der Waals surface area contributed by atoms with Gasteiger partial charge in [0.2, 0.25) is 5.95 Å². The van der Waals surface area contributed by atoms with Crippen LogP contribution in [0.2, 0.25) is 5.02 Å². The number of hydrazine groups is 1. The zero-order valence-corrected chi connectivity index (χ0v) is 11.6. The van der Waals surface area contributed by atoms with Crippen molar-refractivity contribution in [2.24, 2.45) is 5.84 Å².